The van der Waals surface area contributed by atoms with Crippen LogP contribution in [-0.2, 0) is 6.42 Å². The van der Waals surface area contributed by atoms with Crippen molar-refractivity contribution in [1.82, 2.24) is 15.2 Å². The molecule has 6 nitrogen and oxygen atoms in total. The van der Waals surface area contributed by atoms with Crippen LogP contribution in [0.5, 0.6) is 0 Å². The van der Waals surface area contributed by atoms with E-state index in [9.17, 15) is 4.79 Å². The SMILES string of the molecule is Cc1cc(C(=O)N2CCCc3c(N)cccc32)c2c(C)[nH]nc2n1. The highest BCUT2D eigenvalue weighted by Gasteiger charge is 2.27. The summed E-state index contributed by atoms with van der Waals surface area (Å²) in [6.07, 6.45) is 1.81. The lowest BCUT2D eigenvalue weighted by Gasteiger charge is -2.30. The van der Waals surface area contributed by atoms with Crippen LogP contribution < -0.4 is 10.6 Å². The fourth-order valence-electron chi connectivity index (χ4n) is 3.48. The third kappa shape index (κ3) is 2.14. The Bertz CT molecular complexity index is 959. The molecule has 1 aliphatic rings. The van der Waals surface area contributed by atoms with Crippen molar-refractivity contribution >= 4 is 28.3 Å². The molecule has 0 unspecified atom stereocenters. The molecule has 4 rings (SSSR count). The molecular formula is C18H19N5O. The third-order valence-corrected chi connectivity index (χ3v) is 4.60. The summed E-state index contributed by atoms with van der Waals surface area (Å²) in [6, 6.07) is 7.60. The summed E-state index contributed by atoms with van der Waals surface area (Å²) < 4.78 is 0. The summed E-state index contributed by atoms with van der Waals surface area (Å²) in [5.74, 6) is -0.0263. The second-order valence-corrected chi connectivity index (χ2v) is 6.26. The van der Waals surface area contributed by atoms with Gasteiger partial charge in [0.15, 0.2) is 5.65 Å². The predicted molar refractivity (Wildman–Crippen MR) is 94.2 cm³/mol. The molecule has 0 atom stereocenters. The van der Waals surface area contributed by atoms with Crippen molar-refractivity contribution in [3.05, 3.63) is 46.8 Å². The number of pyridine rings is 1. The number of aromatic nitrogens is 3. The summed E-state index contributed by atoms with van der Waals surface area (Å²) in [7, 11) is 0. The number of carbonyl (C=O) groups is 1. The molecular weight excluding hydrogens is 302 g/mol. The first kappa shape index (κ1) is 14.7. The number of nitrogens with two attached hydrogens (primary N) is 1. The maximum Gasteiger partial charge on any atom is 0.259 e. The van der Waals surface area contributed by atoms with Crippen LogP contribution in [0.25, 0.3) is 11.0 Å². The Morgan fingerprint density at radius 1 is 1.33 bits per heavy atom. The number of aromatic amines is 1. The maximum atomic E-state index is 13.3. The van der Waals surface area contributed by atoms with Gasteiger partial charge in [0.2, 0.25) is 0 Å². The maximum absolute atomic E-state index is 13.3. The Balaban J connectivity index is 1.87. The highest BCUT2D eigenvalue weighted by atomic mass is 16.2. The fourth-order valence-corrected chi connectivity index (χ4v) is 3.48. The molecule has 1 amide bonds. The lowest BCUT2D eigenvalue weighted by atomic mass is 9.98. The van der Waals surface area contributed by atoms with Crippen molar-refractivity contribution in [2.75, 3.05) is 17.2 Å². The van der Waals surface area contributed by atoms with Crippen LogP contribution in [0.1, 0.15) is 33.7 Å². The Labute approximate surface area is 139 Å². The molecule has 0 aliphatic carbocycles. The van der Waals surface area contributed by atoms with Crippen molar-refractivity contribution in [2.24, 2.45) is 0 Å². The van der Waals surface area contributed by atoms with Crippen LogP contribution in [0.2, 0.25) is 0 Å². The zero-order valence-corrected chi connectivity index (χ0v) is 13.8. The molecule has 1 aromatic carbocycles. The van der Waals surface area contributed by atoms with E-state index in [1.807, 2.05) is 43.0 Å². The lowest BCUT2D eigenvalue weighted by molar-refractivity contribution is 0.0986. The van der Waals surface area contributed by atoms with Gasteiger partial charge in [0.25, 0.3) is 5.91 Å². The Kier molecular flexibility index (Phi) is 3.26. The van der Waals surface area contributed by atoms with E-state index in [1.165, 1.54) is 0 Å². The van der Waals surface area contributed by atoms with Gasteiger partial charge in [-0.3, -0.25) is 9.89 Å². The lowest BCUT2D eigenvalue weighted by Crippen LogP contribution is -2.36. The average molecular weight is 321 g/mol. The van der Waals surface area contributed by atoms with Gasteiger partial charge < -0.3 is 10.6 Å². The summed E-state index contributed by atoms with van der Waals surface area (Å²) in [6.45, 7) is 4.47. The number of H-pyrrole nitrogens is 1. The zero-order valence-electron chi connectivity index (χ0n) is 13.8. The van der Waals surface area contributed by atoms with E-state index >= 15 is 0 Å². The van der Waals surface area contributed by atoms with Crippen molar-refractivity contribution in [2.45, 2.75) is 26.7 Å². The summed E-state index contributed by atoms with van der Waals surface area (Å²) in [5.41, 5.74) is 11.7. The Morgan fingerprint density at radius 3 is 3.00 bits per heavy atom. The van der Waals surface area contributed by atoms with Crippen molar-refractivity contribution < 1.29 is 4.79 Å². The molecule has 0 spiro atoms. The van der Waals surface area contributed by atoms with Gasteiger partial charge in [-0.1, -0.05) is 6.07 Å². The number of anilines is 2. The van der Waals surface area contributed by atoms with E-state index < -0.39 is 0 Å². The first-order valence-corrected chi connectivity index (χ1v) is 8.08. The molecule has 122 valence electrons. The first-order valence-electron chi connectivity index (χ1n) is 8.08. The number of aryl methyl sites for hydroxylation is 2. The van der Waals surface area contributed by atoms with Gasteiger partial charge in [-0.15, -0.1) is 0 Å². The molecule has 0 bridgehead atoms. The second-order valence-electron chi connectivity index (χ2n) is 6.26. The highest BCUT2D eigenvalue weighted by molar-refractivity contribution is 6.14. The average Bonchev–Trinajstić information content (AvgIpc) is 2.94. The number of nitrogens with zero attached hydrogens (tertiary/aromatic N) is 3. The molecule has 1 aliphatic heterocycles. The normalized spacial score (nSPS) is 14.0. The molecule has 3 N–H and O–H groups in total. The fraction of sp³-hybridized carbons (Fsp3) is 0.278. The van der Waals surface area contributed by atoms with Crippen molar-refractivity contribution in [1.29, 1.82) is 0 Å². The van der Waals surface area contributed by atoms with Crippen LogP contribution in [0.4, 0.5) is 11.4 Å². The number of hydrogen-bond acceptors (Lipinski definition) is 4. The largest absolute Gasteiger partial charge is 0.398 e. The summed E-state index contributed by atoms with van der Waals surface area (Å²) in [4.78, 5) is 19.5. The van der Waals surface area contributed by atoms with Crippen LogP contribution in [0.15, 0.2) is 24.3 Å². The van der Waals surface area contributed by atoms with Gasteiger partial charge in [-0.2, -0.15) is 5.10 Å². The number of hydrogen-bond donors (Lipinski definition) is 2. The van der Waals surface area contributed by atoms with Gasteiger partial charge in [0.1, 0.15) is 0 Å². The minimum absolute atomic E-state index is 0.0263. The van der Waals surface area contributed by atoms with Crippen LogP contribution in [0, 0.1) is 13.8 Å². The Hall–Kier alpha value is -2.89. The van der Waals surface area contributed by atoms with E-state index in [0.29, 0.717) is 17.8 Å². The summed E-state index contributed by atoms with van der Waals surface area (Å²) in [5, 5.41) is 7.92. The summed E-state index contributed by atoms with van der Waals surface area (Å²) >= 11 is 0. The van der Waals surface area contributed by atoms with Crippen molar-refractivity contribution in [3.63, 3.8) is 0 Å². The molecule has 24 heavy (non-hydrogen) atoms. The van der Waals surface area contributed by atoms with Gasteiger partial charge in [0.05, 0.1) is 10.9 Å². The van der Waals surface area contributed by atoms with Gasteiger partial charge in [0, 0.05) is 29.3 Å². The number of nitrogen functional groups attached to an aromatic ring is 1. The van der Waals surface area contributed by atoms with E-state index in [0.717, 1.165) is 46.6 Å². The molecule has 0 saturated carbocycles. The van der Waals surface area contributed by atoms with E-state index in [-0.39, 0.29) is 5.91 Å². The zero-order chi connectivity index (χ0) is 16.8. The molecule has 3 aromatic rings. The highest BCUT2D eigenvalue weighted by Crippen LogP contribution is 2.33. The van der Waals surface area contributed by atoms with E-state index in [4.69, 9.17) is 5.73 Å². The molecule has 3 heterocycles. The predicted octanol–water partition coefficient (Wildman–Crippen LogP) is 2.75. The molecule has 2 aromatic heterocycles. The van der Waals surface area contributed by atoms with Gasteiger partial charge >= 0.3 is 0 Å². The molecule has 0 fully saturated rings. The van der Waals surface area contributed by atoms with Crippen molar-refractivity contribution in [3.8, 4) is 0 Å². The van der Waals surface area contributed by atoms with Crippen LogP contribution in [0.3, 0.4) is 0 Å². The standard InChI is InChI=1S/C18H19N5O/c1-10-9-13(16-11(2)21-22-17(16)20-10)18(24)23-8-4-5-12-14(19)6-3-7-15(12)23/h3,6-7,9H,4-5,8,19H2,1-2H3,(H,20,21,22). The first-order chi connectivity index (χ1) is 11.6. The minimum atomic E-state index is -0.0263. The van der Waals surface area contributed by atoms with E-state index in [2.05, 4.69) is 15.2 Å². The number of benzene rings is 1. The number of fused-ring (bicyclic) bond motifs is 2. The molecule has 0 radical (unpaired) electrons. The van der Waals surface area contributed by atoms with Gasteiger partial charge in [-0.05, 0) is 50.5 Å². The van der Waals surface area contributed by atoms with Gasteiger partial charge in [-0.25, -0.2) is 4.98 Å². The number of nitrogens with one attached hydrogen (secondary N) is 1. The molecule has 0 saturated heterocycles. The minimum Gasteiger partial charge on any atom is -0.398 e. The number of amides is 1. The quantitative estimate of drug-likeness (QED) is 0.675. The molecule has 6 heteroatoms. The monoisotopic (exact) mass is 321 g/mol. The smallest absolute Gasteiger partial charge is 0.259 e. The number of rotatable bonds is 1. The van der Waals surface area contributed by atoms with E-state index in [1.54, 1.807) is 0 Å². The van der Waals surface area contributed by atoms with Crippen LogP contribution >= 0.6 is 0 Å². The topological polar surface area (TPSA) is 87.9 Å². The number of carbonyl (C=O) groups excluding carboxylic acids is 1. The third-order valence-electron chi connectivity index (χ3n) is 4.60. The second kappa shape index (κ2) is 5.33. The Morgan fingerprint density at radius 2 is 2.17 bits per heavy atom. The van der Waals surface area contributed by atoms with Crippen LogP contribution in [-0.4, -0.2) is 27.6 Å².